The van der Waals surface area contributed by atoms with Crippen LogP contribution in [0.25, 0.3) is 11.6 Å². The average molecular weight is 486 g/mol. The van der Waals surface area contributed by atoms with E-state index in [1.807, 2.05) is 47.9 Å². The van der Waals surface area contributed by atoms with E-state index in [2.05, 4.69) is 27.5 Å². The molecule has 3 aromatic rings. The Hall–Kier alpha value is -2.25. The van der Waals surface area contributed by atoms with Crippen molar-refractivity contribution in [3.8, 4) is 5.75 Å². The highest BCUT2D eigenvalue weighted by atomic mass is 79.9. The Bertz CT molecular complexity index is 989. The molecule has 3 rings (SSSR count). The summed E-state index contributed by atoms with van der Waals surface area (Å²) in [6, 6.07) is 14.6. The Morgan fingerprint density at radius 2 is 2.00 bits per heavy atom. The second kappa shape index (κ2) is 10.7. The Morgan fingerprint density at radius 1 is 1.17 bits per heavy atom. The van der Waals surface area contributed by atoms with Crippen LogP contribution in [0.4, 0.5) is 0 Å². The van der Waals surface area contributed by atoms with Gasteiger partial charge in [-0.15, -0.1) is 17.9 Å². The van der Waals surface area contributed by atoms with E-state index in [4.69, 9.17) is 0 Å². The molecule has 30 heavy (non-hydrogen) atoms. The SMILES string of the molecule is C=C[C@H]([C@H](O)CC/C(=C/c1cc(Br)ccc1O)c1ccccn1)[C@H](O)c1cccs1. The van der Waals surface area contributed by atoms with Crippen molar-refractivity contribution in [2.45, 2.75) is 25.0 Å². The number of nitrogens with zero attached hydrogens (tertiary/aromatic N) is 1. The predicted molar refractivity (Wildman–Crippen MR) is 126 cm³/mol. The second-order valence-corrected chi connectivity index (χ2v) is 8.86. The summed E-state index contributed by atoms with van der Waals surface area (Å²) in [7, 11) is 0. The Kier molecular flexibility index (Phi) is 7.99. The van der Waals surface area contributed by atoms with Crippen molar-refractivity contribution < 1.29 is 15.3 Å². The molecule has 0 aliphatic rings. The van der Waals surface area contributed by atoms with E-state index in [1.165, 1.54) is 11.3 Å². The highest BCUT2D eigenvalue weighted by Gasteiger charge is 2.26. The fourth-order valence-electron chi connectivity index (χ4n) is 3.30. The van der Waals surface area contributed by atoms with E-state index >= 15 is 0 Å². The maximum atomic E-state index is 10.8. The molecule has 0 amide bonds. The Morgan fingerprint density at radius 3 is 2.67 bits per heavy atom. The molecule has 0 saturated heterocycles. The van der Waals surface area contributed by atoms with Crippen LogP contribution in [0.2, 0.25) is 0 Å². The summed E-state index contributed by atoms with van der Waals surface area (Å²) in [4.78, 5) is 5.24. The van der Waals surface area contributed by atoms with E-state index < -0.39 is 18.1 Å². The number of thiophene rings is 1. The smallest absolute Gasteiger partial charge is 0.122 e. The van der Waals surface area contributed by atoms with Crippen LogP contribution in [0.1, 0.15) is 35.1 Å². The molecule has 156 valence electrons. The molecule has 0 fully saturated rings. The van der Waals surface area contributed by atoms with E-state index in [0.717, 1.165) is 20.6 Å². The third-order valence-electron chi connectivity index (χ3n) is 4.94. The molecule has 0 unspecified atom stereocenters. The molecule has 6 heteroatoms. The largest absolute Gasteiger partial charge is 0.507 e. The van der Waals surface area contributed by atoms with Gasteiger partial charge in [0.1, 0.15) is 5.75 Å². The number of aliphatic hydroxyl groups excluding tert-OH is 2. The summed E-state index contributed by atoms with van der Waals surface area (Å²) < 4.78 is 0.859. The number of hydrogen-bond acceptors (Lipinski definition) is 5. The van der Waals surface area contributed by atoms with Crippen LogP contribution in [0, 0.1) is 5.92 Å². The van der Waals surface area contributed by atoms with Gasteiger partial charge in [0.2, 0.25) is 0 Å². The van der Waals surface area contributed by atoms with Crippen LogP contribution in [0.15, 0.2) is 77.2 Å². The maximum Gasteiger partial charge on any atom is 0.122 e. The summed E-state index contributed by atoms with van der Waals surface area (Å²) in [5, 5.41) is 33.6. The topological polar surface area (TPSA) is 73.6 Å². The van der Waals surface area contributed by atoms with Crippen LogP contribution in [0.5, 0.6) is 5.75 Å². The predicted octanol–water partition coefficient (Wildman–Crippen LogP) is 5.83. The minimum atomic E-state index is -0.797. The van der Waals surface area contributed by atoms with Gasteiger partial charge in [0.05, 0.1) is 17.9 Å². The molecule has 1 aromatic carbocycles. The molecule has 0 aliphatic heterocycles. The van der Waals surface area contributed by atoms with Crippen molar-refractivity contribution in [1.82, 2.24) is 4.98 Å². The van der Waals surface area contributed by atoms with Gasteiger partial charge < -0.3 is 15.3 Å². The molecule has 2 heterocycles. The number of aromatic nitrogens is 1. The second-order valence-electron chi connectivity index (χ2n) is 6.97. The van der Waals surface area contributed by atoms with Crippen molar-refractivity contribution in [1.29, 1.82) is 0 Å². The molecule has 3 N–H and O–H groups in total. The summed E-state index contributed by atoms with van der Waals surface area (Å²) in [6.07, 6.45) is 4.57. The fourth-order valence-corrected chi connectivity index (χ4v) is 4.44. The van der Waals surface area contributed by atoms with Gasteiger partial charge in [0, 0.05) is 27.0 Å². The first-order valence-electron chi connectivity index (χ1n) is 9.62. The number of halogens is 1. The zero-order chi connectivity index (χ0) is 21.5. The summed E-state index contributed by atoms with van der Waals surface area (Å²) >= 11 is 4.89. The number of rotatable bonds is 9. The van der Waals surface area contributed by atoms with Crippen LogP contribution < -0.4 is 0 Å². The first kappa shape index (κ1) is 22.4. The standard InChI is InChI=1S/C24H24BrNO3S/c1-2-19(24(29)23-7-5-13-30-23)22(28)10-8-16(20-6-3-4-12-26-20)14-17-15-18(25)9-11-21(17)27/h2-7,9,11-15,19,22,24,27-29H,1,8,10H2/b16-14-/t19-,22-,24+/m1/s1. The maximum absolute atomic E-state index is 10.8. The lowest BCUT2D eigenvalue weighted by atomic mass is 9.90. The lowest BCUT2D eigenvalue weighted by molar-refractivity contribution is 0.0343. The van der Waals surface area contributed by atoms with E-state index in [0.29, 0.717) is 18.4 Å². The van der Waals surface area contributed by atoms with Crippen LogP contribution >= 0.6 is 27.3 Å². The van der Waals surface area contributed by atoms with Crippen LogP contribution in [-0.4, -0.2) is 26.4 Å². The van der Waals surface area contributed by atoms with Gasteiger partial charge >= 0.3 is 0 Å². The third kappa shape index (κ3) is 5.67. The average Bonchev–Trinajstić information content (AvgIpc) is 3.29. The van der Waals surface area contributed by atoms with Gasteiger partial charge in [0.15, 0.2) is 0 Å². The van der Waals surface area contributed by atoms with E-state index in [-0.39, 0.29) is 5.75 Å². The molecule has 0 bridgehead atoms. The van der Waals surface area contributed by atoms with Crippen molar-refractivity contribution in [2.24, 2.45) is 5.92 Å². The third-order valence-corrected chi connectivity index (χ3v) is 6.37. The number of aromatic hydroxyl groups is 1. The monoisotopic (exact) mass is 485 g/mol. The first-order valence-corrected chi connectivity index (χ1v) is 11.3. The zero-order valence-electron chi connectivity index (χ0n) is 16.4. The minimum Gasteiger partial charge on any atom is -0.507 e. The number of aliphatic hydroxyl groups is 2. The van der Waals surface area contributed by atoms with E-state index in [9.17, 15) is 15.3 Å². The van der Waals surface area contributed by atoms with E-state index in [1.54, 1.807) is 24.4 Å². The highest BCUT2D eigenvalue weighted by molar-refractivity contribution is 9.10. The highest BCUT2D eigenvalue weighted by Crippen LogP contribution is 2.33. The van der Waals surface area contributed by atoms with Crippen LogP contribution in [-0.2, 0) is 0 Å². The molecule has 0 aliphatic carbocycles. The number of allylic oxidation sites excluding steroid dienone is 1. The number of pyridine rings is 1. The molecule has 2 aromatic heterocycles. The summed E-state index contributed by atoms with van der Waals surface area (Å²) in [6.45, 7) is 3.81. The fraction of sp³-hybridized carbons (Fsp3) is 0.208. The summed E-state index contributed by atoms with van der Waals surface area (Å²) in [5.74, 6) is -0.308. The Balaban J connectivity index is 1.82. The van der Waals surface area contributed by atoms with Crippen molar-refractivity contribution in [3.05, 3.63) is 93.4 Å². The lowest BCUT2D eigenvalue weighted by Gasteiger charge is -2.24. The van der Waals surface area contributed by atoms with Crippen LogP contribution in [0.3, 0.4) is 0 Å². The molecule has 3 atom stereocenters. The van der Waals surface area contributed by atoms with Crippen molar-refractivity contribution in [2.75, 3.05) is 0 Å². The Labute approximate surface area is 189 Å². The van der Waals surface area contributed by atoms with Gasteiger partial charge in [-0.1, -0.05) is 34.1 Å². The van der Waals surface area contributed by atoms with Gasteiger partial charge in [0.25, 0.3) is 0 Å². The van der Waals surface area contributed by atoms with Crippen molar-refractivity contribution >= 4 is 38.9 Å². The van der Waals surface area contributed by atoms with Gasteiger partial charge in [-0.3, -0.25) is 4.98 Å². The minimum absolute atomic E-state index is 0.171. The van der Waals surface area contributed by atoms with Crippen molar-refractivity contribution in [3.63, 3.8) is 0 Å². The molecule has 0 radical (unpaired) electrons. The number of phenolic OH excluding ortho intramolecular Hbond substituents is 1. The van der Waals surface area contributed by atoms with Gasteiger partial charge in [-0.25, -0.2) is 0 Å². The van der Waals surface area contributed by atoms with Gasteiger partial charge in [-0.05, 0) is 66.3 Å². The first-order chi connectivity index (χ1) is 14.5. The molecular formula is C24H24BrNO3S. The number of phenols is 1. The summed E-state index contributed by atoms with van der Waals surface area (Å²) in [5.41, 5.74) is 2.33. The lowest BCUT2D eigenvalue weighted by Crippen LogP contribution is -2.24. The zero-order valence-corrected chi connectivity index (χ0v) is 18.8. The normalized spacial score (nSPS) is 14.8. The molecule has 0 spiro atoms. The molecule has 0 saturated carbocycles. The molecule has 4 nitrogen and oxygen atoms in total. The quantitative estimate of drug-likeness (QED) is 0.333. The molecular weight excluding hydrogens is 462 g/mol. The number of benzene rings is 1. The number of hydrogen-bond donors (Lipinski definition) is 3. The van der Waals surface area contributed by atoms with Gasteiger partial charge in [-0.2, -0.15) is 0 Å².